The number of rotatable bonds is 14. The number of nitrogens with zero attached hydrogens (tertiary/aromatic N) is 1. The van der Waals surface area contributed by atoms with Gasteiger partial charge < -0.3 is 14.0 Å². The van der Waals surface area contributed by atoms with Gasteiger partial charge in [0.25, 0.3) is 0 Å². The van der Waals surface area contributed by atoms with E-state index in [9.17, 15) is 31.1 Å². The lowest BCUT2D eigenvalue weighted by molar-refractivity contribution is -0.514. The first kappa shape index (κ1) is 30.0. The van der Waals surface area contributed by atoms with Crippen molar-refractivity contribution in [2.45, 2.75) is 51.2 Å². The first-order valence-electron chi connectivity index (χ1n) is 11.9. The molecule has 0 aliphatic rings. The number of aromatic nitrogens is 1. The van der Waals surface area contributed by atoms with Crippen LogP contribution in [0.3, 0.4) is 0 Å². The summed E-state index contributed by atoms with van der Waals surface area (Å²) in [5.74, 6) is -0.880. The Morgan fingerprint density at radius 3 is 2.13 bits per heavy atom. The molecule has 12 heteroatoms. The fourth-order valence-corrected chi connectivity index (χ4v) is 3.77. The second kappa shape index (κ2) is 12.1. The number of halogens is 6. The van der Waals surface area contributed by atoms with Crippen LogP contribution in [-0.2, 0) is 19.0 Å². The Kier molecular flexibility index (Phi) is 9.34. The summed E-state index contributed by atoms with van der Waals surface area (Å²) in [5.41, 5.74) is 2.69. The number of carbonyl (C=O) groups excluding carboxylic acids is 1. The average molecular weight is 560 g/mol. The van der Waals surface area contributed by atoms with Crippen LogP contribution in [0.1, 0.15) is 32.7 Å². The van der Waals surface area contributed by atoms with E-state index in [0.717, 1.165) is 22.2 Å². The van der Waals surface area contributed by atoms with E-state index in [1.165, 1.54) is 6.07 Å². The van der Waals surface area contributed by atoms with Crippen molar-refractivity contribution < 1.29 is 50.1 Å². The number of hydrogen-bond acceptors (Lipinski definition) is 5. The van der Waals surface area contributed by atoms with Gasteiger partial charge in [0.15, 0.2) is 0 Å². The van der Waals surface area contributed by atoms with E-state index in [1.807, 2.05) is 54.8 Å². The van der Waals surface area contributed by atoms with Crippen molar-refractivity contribution in [1.29, 1.82) is 0 Å². The van der Waals surface area contributed by atoms with Gasteiger partial charge in [0.1, 0.15) is 5.75 Å². The van der Waals surface area contributed by atoms with Gasteiger partial charge in [0.05, 0.1) is 31.6 Å². The van der Waals surface area contributed by atoms with Gasteiger partial charge in [0, 0.05) is 29.3 Å². The molecule has 0 radical (unpaired) electrons. The van der Waals surface area contributed by atoms with Crippen molar-refractivity contribution in [3.63, 3.8) is 0 Å². The van der Waals surface area contributed by atoms with Crippen LogP contribution < -0.4 is 4.74 Å². The first-order valence-corrected chi connectivity index (χ1v) is 11.9. The van der Waals surface area contributed by atoms with Gasteiger partial charge in [-0.15, -0.1) is 8.78 Å². The molecule has 6 nitrogen and oxygen atoms in total. The zero-order chi connectivity index (χ0) is 28.8. The Balaban J connectivity index is 1.62. The average Bonchev–Trinajstić information content (AvgIpc) is 3.22. The molecule has 0 bridgehead atoms. The van der Waals surface area contributed by atoms with E-state index in [0.29, 0.717) is 6.08 Å². The molecular formula is C27H27F6NO5. The molecule has 0 aliphatic heterocycles. The number of fused-ring (bicyclic) bond motifs is 1. The van der Waals surface area contributed by atoms with E-state index < -0.39 is 50.5 Å². The molecule has 0 N–H and O–H groups in total. The minimum Gasteiger partial charge on any atom is -0.493 e. The van der Waals surface area contributed by atoms with Gasteiger partial charge >= 0.3 is 24.5 Å². The molecule has 0 amide bonds. The lowest BCUT2D eigenvalue weighted by atomic mass is 10.1. The third-order valence-electron chi connectivity index (χ3n) is 5.40. The molecule has 1 heterocycles. The fourth-order valence-electron chi connectivity index (χ4n) is 3.77. The van der Waals surface area contributed by atoms with E-state index in [1.54, 1.807) is 12.1 Å². The molecule has 39 heavy (non-hydrogen) atoms. The molecule has 1 aromatic heterocycles. The quantitative estimate of drug-likeness (QED) is 0.0884. The zero-order valence-corrected chi connectivity index (χ0v) is 21.1. The summed E-state index contributed by atoms with van der Waals surface area (Å²) in [7, 11) is 0. The molecule has 3 rings (SSSR count). The number of alkyl halides is 6. The molecule has 0 saturated heterocycles. The van der Waals surface area contributed by atoms with Crippen molar-refractivity contribution in [2.24, 2.45) is 0 Å². The van der Waals surface area contributed by atoms with Gasteiger partial charge in [-0.2, -0.15) is 17.6 Å². The molecule has 3 aromatic rings. The molecule has 0 atom stereocenters. The van der Waals surface area contributed by atoms with Crippen LogP contribution in [0.4, 0.5) is 26.3 Å². The fraction of sp³-hybridized carbons (Fsp3) is 0.370. The van der Waals surface area contributed by atoms with Crippen LogP contribution >= 0.6 is 0 Å². The number of carbonyl (C=O) groups is 1. The van der Waals surface area contributed by atoms with Crippen LogP contribution in [0.25, 0.3) is 22.2 Å². The van der Waals surface area contributed by atoms with Gasteiger partial charge in [-0.1, -0.05) is 36.9 Å². The predicted molar refractivity (Wildman–Crippen MR) is 131 cm³/mol. The maximum Gasteiger partial charge on any atom is 0.494 e. The molecule has 0 aliphatic carbocycles. The molecule has 0 saturated carbocycles. The van der Waals surface area contributed by atoms with Crippen LogP contribution in [0.15, 0.2) is 67.3 Å². The molecule has 2 aromatic carbocycles. The Morgan fingerprint density at radius 2 is 1.54 bits per heavy atom. The lowest BCUT2D eigenvalue weighted by Gasteiger charge is -2.26. The van der Waals surface area contributed by atoms with Crippen LogP contribution in [0, 0.1) is 0 Å². The minimum atomic E-state index is -5.35. The van der Waals surface area contributed by atoms with E-state index in [-0.39, 0.29) is 11.8 Å². The van der Waals surface area contributed by atoms with Crippen molar-refractivity contribution in [3.8, 4) is 17.0 Å². The Bertz CT molecular complexity index is 1280. The number of benzene rings is 2. The van der Waals surface area contributed by atoms with Crippen molar-refractivity contribution in [1.82, 2.24) is 4.57 Å². The van der Waals surface area contributed by atoms with Crippen molar-refractivity contribution in [2.75, 3.05) is 13.2 Å². The normalized spacial score (nSPS) is 12.6. The highest BCUT2D eigenvalue weighted by molar-refractivity contribution is 5.88. The topological polar surface area (TPSA) is 58.9 Å². The van der Waals surface area contributed by atoms with Gasteiger partial charge in [-0.25, -0.2) is 14.3 Å². The summed E-state index contributed by atoms with van der Waals surface area (Å²) < 4.78 is 101. The van der Waals surface area contributed by atoms with Crippen LogP contribution in [-0.4, -0.2) is 42.3 Å². The molecule has 0 unspecified atom stereocenters. The number of hydrogen-bond donors (Lipinski definition) is 0. The van der Waals surface area contributed by atoms with Crippen LogP contribution in [0.5, 0.6) is 5.75 Å². The van der Waals surface area contributed by atoms with E-state index in [4.69, 9.17) is 4.74 Å². The highest BCUT2D eigenvalue weighted by Gasteiger charge is 2.52. The highest BCUT2D eigenvalue weighted by Crippen LogP contribution is 2.37. The summed E-state index contributed by atoms with van der Waals surface area (Å²) in [5, 5.41) is 0.876. The maximum absolute atomic E-state index is 14.0. The van der Waals surface area contributed by atoms with Crippen LogP contribution in [0.2, 0.25) is 0 Å². The third kappa shape index (κ3) is 8.49. The summed E-state index contributed by atoms with van der Waals surface area (Å²) in [4.78, 5) is 10.8. The molecular weight excluding hydrogens is 532 g/mol. The van der Waals surface area contributed by atoms with E-state index >= 15 is 0 Å². The summed E-state index contributed by atoms with van der Waals surface area (Å²) in [6.07, 6.45) is -16.8. The standard InChI is InChI=1S/C27H27F6NO5/c1-4-24(35)37-15-13-26(30,31)39-27(32,33)38-25(28,29)12-14-36-21-11-10-20-16-22(19-8-6-5-7-9-19)34(18(2)3)23(20)17-21/h4-11,16-18H,1,12-15H2,2-3H3. The Morgan fingerprint density at radius 1 is 0.923 bits per heavy atom. The van der Waals surface area contributed by atoms with Gasteiger partial charge in [0.2, 0.25) is 0 Å². The number of ether oxygens (including phenoxy) is 4. The summed E-state index contributed by atoms with van der Waals surface area (Å²) >= 11 is 0. The first-order chi connectivity index (χ1) is 18.2. The van der Waals surface area contributed by atoms with Gasteiger partial charge in [-0.3, -0.25) is 0 Å². The summed E-state index contributed by atoms with van der Waals surface area (Å²) in [6.45, 7) is 5.21. The predicted octanol–water partition coefficient (Wildman–Crippen LogP) is 7.55. The smallest absolute Gasteiger partial charge is 0.493 e. The largest absolute Gasteiger partial charge is 0.494 e. The van der Waals surface area contributed by atoms with Gasteiger partial charge in [-0.05, 0) is 37.6 Å². The highest BCUT2D eigenvalue weighted by atomic mass is 19.3. The molecule has 0 spiro atoms. The number of esters is 1. The molecule has 212 valence electrons. The third-order valence-corrected chi connectivity index (χ3v) is 5.40. The Labute approximate surface area is 220 Å². The lowest BCUT2D eigenvalue weighted by Crippen LogP contribution is -2.41. The Hall–Kier alpha value is -3.51. The maximum atomic E-state index is 14.0. The zero-order valence-electron chi connectivity index (χ0n) is 21.1. The van der Waals surface area contributed by atoms with E-state index in [2.05, 4.69) is 20.8 Å². The monoisotopic (exact) mass is 559 g/mol. The minimum absolute atomic E-state index is 0.0417. The second-order valence-corrected chi connectivity index (χ2v) is 8.74. The molecule has 0 fully saturated rings. The summed E-state index contributed by atoms with van der Waals surface area (Å²) in [6, 6.07) is 16.6. The van der Waals surface area contributed by atoms with Crippen molar-refractivity contribution in [3.05, 3.63) is 67.3 Å². The van der Waals surface area contributed by atoms with Crippen molar-refractivity contribution >= 4 is 16.9 Å². The SMILES string of the molecule is C=CC(=O)OCCC(F)(F)OC(F)(F)OC(F)(F)CCOc1ccc2cc(-c3ccccc3)n(C(C)C)c2c1. The second-order valence-electron chi connectivity index (χ2n) is 8.74.